The summed E-state index contributed by atoms with van der Waals surface area (Å²) in [5, 5.41) is 0. The molecule has 11 rings (SSSR count). The number of hydrogen-bond acceptors (Lipinski definition) is 6. The summed E-state index contributed by atoms with van der Waals surface area (Å²) in [6.45, 7) is 3.13. The van der Waals surface area contributed by atoms with E-state index in [-0.39, 0.29) is 22.4 Å². The molecule has 6 heteroatoms. The van der Waals surface area contributed by atoms with Crippen LogP contribution in [-0.4, -0.2) is 11.6 Å². The van der Waals surface area contributed by atoms with E-state index in [4.69, 9.17) is 20.9 Å². The van der Waals surface area contributed by atoms with Gasteiger partial charge in [-0.05, 0) is 186 Å². The molecule has 0 heterocycles. The number of nitrogens with two attached hydrogens (primary N) is 2. The fourth-order valence-electron chi connectivity index (χ4n) is 12.4. The van der Waals surface area contributed by atoms with Gasteiger partial charge in [-0.15, -0.1) is 0 Å². The molecule has 8 saturated carbocycles. The zero-order valence-electron chi connectivity index (χ0n) is 28.4. The van der Waals surface area contributed by atoms with Crippen molar-refractivity contribution in [2.75, 3.05) is 11.5 Å². The first-order chi connectivity index (χ1) is 23.0. The van der Waals surface area contributed by atoms with Gasteiger partial charge in [0, 0.05) is 22.3 Å². The average Bonchev–Trinajstić information content (AvgIpc) is 3.02. The molecule has 8 aliphatic carbocycles. The Hall–Kier alpha value is -3.80. The van der Waals surface area contributed by atoms with Gasteiger partial charge in [-0.25, -0.2) is 0 Å². The minimum Gasteiger partial charge on any atom is -0.455 e. The number of hydrogen-bond donors (Lipinski definition) is 2. The van der Waals surface area contributed by atoms with Crippen molar-refractivity contribution in [2.24, 2.45) is 35.5 Å². The van der Waals surface area contributed by atoms with Gasteiger partial charge in [-0.3, -0.25) is 9.59 Å². The smallest absolute Gasteiger partial charge is 0.159 e. The van der Waals surface area contributed by atoms with E-state index in [1.807, 2.05) is 24.3 Å². The molecule has 3 aromatic carbocycles. The van der Waals surface area contributed by atoms with Crippen LogP contribution in [0.3, 0.4) is 0 Å². The van der Waals surface area contributed by atoms with E-state index < -0.39 is 0 Å². The summed E-state index contributed by atoms with van der Waals surface area (Å²) in [6.07, 6.45) is 15.2. The van der Waals surface area contributed by atoms with Crippen LogP contribution in [0.4, 0.5) is 11.4 Å². The van der Waals surface area contributed by atoms with E-state index in [0.717, 1.165) is 47.0 Å². The van der Waals surface area contributed by atoms with Crippen molar-refractivity contribution in [3.05, 3.63) is 70.8 Å². The lowest BCUT2D eigenvalue weighted by molar-refractivity contribution is -0.00823. The molecule has 250 valence electrons. The lowest BCUT2D eigenvalue weighted by atomic mass is 9.47. The third-order valence-electron chi connectivity index (χ3n) is 13.6. The van der Waals surface area contributed by atoms with Crippen LogP contribution in [0.25, 0.3) is 0 Å². The zero-order valence-corrected chi connectivity index (χ0v) is 28.4. The molecule has 0 unspecified atom stereocenters. The highest BCUT2D eigenvalue weighted by Gasteiger charge is 2.55. The number of ether oxygens (including phenoxy) is 2. The van der Waals surface area contributed by atoms with Gasteiger partial charge in [0.2, 0.25) is 0 Å². The van der Waals surface area contributed by atoms with Crippen LogP contribution >= 0.6 is 0 Å². The fraction of sp³-hybridized carbons (Fsp3) is 0.524. The van der Waals surface area contributed by atoms with E-state index in [9.17, 15) is 9.59 Å². The zero-order chi connectivity index (χ0) is 32.9. The highest BCUT2D eigenvalue weighted by atomic mass is 16.5. The average molecular weight is 645 g/mol. The maximum absolute atomic E-state index is 12.2. The monoisotopic (exact) mass is 644 g/mol. The number of ketones is 2. The minimum absolute atomic E-state index is 0.0104. The summed E-state index contributed by atoms with van der Waals surface area (Å²) in [5.41, 5.74) is 17.8. The van der Waals surface area contributed by atoms with Crippen LogP contribution in [0.2, 0.25) is 0 Å². The van der Waals surface area contributed by atoms with Gasteiger partial charge in [-0.2, -0.15) is 0 Å². The van der Waals surface area contributed by atoms with Crippen LogP contribution in [-0.2, 0) is 10.8 Å². The number of Topliss-reactive ketones (excluding diaryl/α,β-unsaturated/α-hetero) is 2. The molecule has 0 atom stereocenters. The van der Waals surface area contributed by atoms with Gasteiger partial charge in [0.05, 0.1) is 11.4 Å². The molecule has 3 aromatic rings. The Bertz CT molecular complexity index is 1640. The second-order valence-electron chi connectivity index (χ2n) is 17.1. The van der Waals surface area contributed by atoms with Crippen LogP contribution in [0.1, 0.15) is 123 Å². The van der Waals surface area contributed by atoms with Gasteiger partial charge in [0.1, 0.15) is 23.0 Å². The summed E-state index contributed by atoms with van der Waals surface area (Å²) in [6, 6.07) is 15.5. The number of anilines is 2. The summed E-state index contributed by atoms with van der Waals surface area (Å²) >= 11 is 0. The molecule has 0 aromatic heterocycles. The Morgan fingerprint density at radius 1 is 0.521 bits per heavy atom. The quantitative estimate of drug-likeness (QED) is 0.187. The summed E-state index contributed by atoms with van der Waals surface area (Å²) in [4.78, 5) is 24.3. The van der Waals surface area contributed by atoms with E-state index in [1.54, 1.807) is 26.0 Å². The van der Waals surface area contributed by atoms with E-state index >= 15 is 0 Å². The van der Waals surface area contributed by atoms with Crippen molar-refractivity contribution in [3.63, 3.8) is 0 Å². The normalized spacial score (nSPS) is 34.0. The first kappa shape index (κ1) is 30.3. The van der Waals surface area contributed by atoms with Gasteiger partial charge in [-0.1, -0.05) is 0 Å². The predicted molar refractivity (Wildman–Crippen MR) is 188 cm³/mol. The Morgan fingerprint density at radius 2 is 0.833 bits per heavy atom. The molecule has 0 aliphatic heterocycles. The fourth-order valence-corrected chi connectivity index (χ4v) is 12.4. The number of benzene rings is 3. The number of carbonyl (C=O) groups is 2. The van der Waals surface area contributed by atoms with Crippen LogP contribution in [0.5, 0.6) is 23.0 Å². The molecule has 4 N–H and O–H groups in total. The lowest BCUT2D eigenvalue weighted by Gasteiger charge is -2.58. The molecule has 0 radical (unpaired) electrons. The van der Waals surface area contributed by atoms with Crippen molar-refractivity contribution in [3.8, 4) is 23.0 Å². The standard InChI is InChI=1S/C42H48N2O4/c1-23(45)31-3-5-37(35(43)13-31)47-39-15-34(42-20-28-10-29(21-42)12-30(11-28)22-42)40(48-38-6-4-32(24(2)46)14-36(38)44)16-33(39)41-17-25-7-26(18-41)9-27(8-25)19-41/h3-6,13-16,25-30H,7-12,17-22,43-44H2,1-2H3. The molecule has 6 nitrogen and oxygen atoms in total. The Balaban J connectivity index is 1.23. The third kappa shape index (κ3) is 4.96. The molecule has 48 heavy (non-hydrogen) atoms. The molecule has 0 saturated heterocycles. The van der Waals surface area contributed by atoms with Crippen molar-refractivity contribution < 1.29 is 19.1 Å². The SMILES string of the molecule is CC(=O)c1ccc(Oc2cc(C34CC5CC(CC(C5)C3)C4)c(Oc3ccc(C(C)=O)cc3N)cc2C23CC4CC(CC(C4)C2)C3)c(N)c1. The van der Waals surface area contributed by atoms with E-state index in [2.05, 4.69) is 12.1 Å². The molecular weight excluding hydrogens is 596 g/mol. The van der Waals surface area contributed by atoms with E-state index in [0.29, 0.717) is 34.0 Å². The van der Waals surface area contributed by atoms with Crippen molar-refractivity contribution in [2.45, 2.75) is 102 Å². The third-order valence-corrected chi connectivity index (χ3v) is 13.6. The van der Waals surface area contributed by atoms with Crippen LogP contribution in [0, 0.1) is 35.5 Å². The van der Waals surface area contributed by atoms with Gasteiger partial charge < -0.3 is 20.9 Å². The molecule has 8 fully saturated rings. The number of rotatable bonds is 8. The second kappa shape index (κ2) is 10.9. The Morgan fingerprint density at radius 3 is 1.10 bits per heavy atom. The molecular formula is C42H48N2O4. The van der Waals surface area contributed by atoms with E-state index in [1.165, 1.54) is 88.2 Å². The molecule has 8 bridgehead atoms. The van der Waals surface area contributed by atoms with Crippen molar-refractivity contribution in [1.29, 1.82) is 0 Å². The minimum atomic E-state index is -0.0104. The topological polar surface area (TPSA) is 105 Å². The first-order valence-corrected chi connectivity index (χ1v) is 18.4. The summed E-state index contributed by atoms with van der Waals surface area (Å²) < 4.78 is 14.0. The maximum Gasteiger partial charge on any atom is 0.159 e. The largest absolute Gasteiger partial charge is 0.455 e. The lowest BCUT2D eigenvalue weighted by Crippen LogP contribution is -2.49. The molecule has 8 aliphatic rings. The van der Waals surface area contributed by atoms with Gasteiger partial charge in [0.15, 0.2) is 11.6 Å². The number of carbonyl (C=O) groups excluding carboxylic acids is 2. The predicted octanol–water partition coefficient (Wildman–Crippen LogP) is 9.78. The Kier molecular flexibility index (Phi) is 6.84. The van der Waals surface area contributed by atoms with Gasteiger partial charge in [0.25, 0.3) is 0 Å². The van der Waals surface area contributed by atoms with Crippen LogP contribution < -0.4 is 20.9 Å². The van der Waals surface area contributed by atoms with Gasteiger partial charge >= 0.3 is 0 Å². The highest BCUT2D eigenvalue weighted by Crippen LogP contribution is 2.66. The first-order valence-electron chi connectivity index (χ1n) is 18.4. The second-order valence-corrected chi connectivity index (χ2v) is 17.1. The maximum atomic E-state index is 12.2. The highest BCUT2D eigenvalue weighted by molar-refractivity contribution is 5.96. The molecule has 0 amide bonds. The Labute approximate surface area is 283 Å². The van der Waals surface area contributed by atoms with Crippen molar-refractivity contribution >= 4 is 22.9 Å². The van der Waals surface area contributed by atoms with Crippen molar-refractivity contribution in [1.82, 2.24) is 0 Å². The summed E-state index contributed by atoms with van der Waals surface area (Å²) in [5.74, 6) is 7.51. The number of nitrogen functional groups attached to an aromatic ring is 2. The summed E-state index contributed by atoms with van der Waals surface area (Å²) in [7, 11) is 0. The van der Waals surface area contributed by atoms with Crippen LogP contribution in [0.15, 0.2) is 48.5 Å². The molecule has 0 spiro atoms.